The van der Waals surface area contributed by atoms with E-state index in [1.54, 1.807) is 13.3 Å². The van der Waals surface area contributed by atoms with E-state index >= 15 is 0 Å². The summed E-state index contributed by atoms with van der Waals surface area (Å²) in [6.45, 7) is 6.53. The normalized spacial score (nSPS) is 12.4. The van der Waals surface area contributed by atoms with E-state index in [1.807, 2.05) is 18.5 Å². The summed E-state index contributed by atoms with van der Waals surface area (Å²) in [5, 5.41) is 7.11. The van der Waals surface area contributed by atoms with Gasteiger partial charge in [0.2, 0.25) is 0 Å². The molecule has 0 bridgehead atoms. The predicted octanol–water partition coefficient (Wildman–Crippen LogP) is 0.553. The highest BCUT2D eigenvalue weighted by molar-refractivity contribution is 5.95. The van der Waals surface area contributed by atoms with Crippen molar-refractivity contribution in [3.8, 4) is 0 Å². The molecule has 1 atom stereocenters. The van der Waals surface area contributed by atoms with E-state index in [-0.39, 0.29) is 5.91 Å². The van der Waals surface area contributed by atoms with E-state index in [1.165, 1.54) is 0 Å². The van der Waals surface area contributed by atoms with Gasteiger partial charge in [0.15, 0.2) is 0 Å². The molecule has 108 valence electrons. The Kier molecular flexibility index (Phi) is 6.52. The molecule has 0 saturated heterocycles. The minimum absolute atomic E-state index is 0.0838. The summed E-state index contributed by atoms with van der Waals surface area (Å²) in [5.41, 5.74) is 6.98. The lowest BCUT2D eigenvalue weighted by Gasteiger charge is -2.11. The summed E-state index contributed by atoms with van der Waals surface area (Å²) in [5.74, 6) is 0.209. The maximum absolute atomic E-state index is 12.0. The molecule has 1 amide bonds. The van der Waals surface area contributed by atoms with Crippen molar-refractivity contribution in [1.29, 1.82) is 0 Å². The molecule has 0 aliphatic heterocycles. The van der Waals surface area contributed by atoms with Crippen LogP contribution in [0.1, 0.15) is 29.4 Å². The van der Waals surface area contributed by atoms with Crippen LogP contribution in [0.25, 0.3) is 0 Å². The van der Waals surface area contributed by atoms with Crippen LogP contribution in [-0.4, -0.2) is 42.5 Å². The minimum atomic E-state index is -0.0838. The van der Waals surface area contributed by atoms with Crippen molar-refractivity contribution in [1.82, 2.24) is 15.1 Å². The number of amides is 1. The fourth-order valence-electron chi connectivity index (χ4n) is 1.84. The maximum Gasteiger partial charge on any atom is 0.254 e. The average Bonchev–Trinajstić information content (AvgIpc) is 2.75. The SMILES string of the molecule is COCC(C)CNC(=O)c1cnn(CCCN)c1C. The van der Waals surface area contributed by atoms with Crippen LogP contribution >= 0.6 is 0 Å². The van der Waals surface area contributed by atoms with Gasteiger partial charge < -0.3 is 15.8 Å². The molecule has 1 aromatic heterocycles. The molecule has 6 nitrogen and oxygen atoms in total. The zero-order chi connectivity index (χ0) is 14.3. The second-order valence-electron chi connectivity index (χ2n) is 4.78. The topological polar surface area (TPSA) is 82.2 Å². The van der Waals surface area contributed by atoms with Gasteiger partial charge in [0, 0.05) is 25.9 Å². The van der Waals surface area contributed by atoms with Gasteiger partial charge in [-0.05, 0) is 25.8 Å². The summed E-state index contributed by atoms with van der Waals surface area (Å²) < 4.78 is 6.85. The van der Waals surface area contributed by atoms with Gasteiger partial charge in [-0.15, -0.1) is 0 Å². The number of methoxy groups -OCH3 is 1. The van der Waals surface area contributed by atoms with Crippen molar-refractivity contribution in [3.05, 3.63) is 17.5 Å². The molecule has 19 heavy (non-hydrogen) atoms. The van der Waals surface area contributed by atoms with Gasteiger partial charge in [-0.2, -0.15) is 5.10 Å². The molecule has 3 N–H and O–H groups in total. The maximum atomic E-state index is 12.0. The molecule has 0 aromatic carbocycles. The first-order valence-electron chi connectivity index (χ1n) is 6.59. The molecule has 0 saturated carbocycles. The number of ether oxygens (including phenoxy) is 1. The largest absolute Gasteiger partial charge is 0.384 e. The van der Waals surface area contributed by atoms with Gasteiger partial charge in [-0.3, -0.25) is 9.48 Å². The van der Waals surface area contributed by atoms with Crippen molar-refractivity contribution >= 4 is 5.91 Å². The van der Waals surface area contributed by atoms with Gasteiger partial charge in [-0.1, -0.05) is 6.92 Å². The predicted molar refractivity (Wildman–Crippen MR) is 74.0 cm³/mol. The van der Waals surface area contributed by atoms with Crippen molar-refractivity contribution in [2.45, 2.75) is 26.8 Å². The van der Waals surface area contributed by atoms with E-state index in [0.717, 1.165) is 18.7 Å². The fourth-order valence-corrected chi connectivity index (χ4v) is 1.84. The van der Waals surface area contributed by atoms with Crippen LogP contribution in [0.3, 0.4) is 0 Å². The highest BCUT2D eigenvalue weighted by Gasteiger charge is 2.14. The number of aromatic nitrogens is 2. The van der Waals surface area contributed by atoms with Crippen LogP contribution in [0.2, 0.25) is 0 Å². The molecule has 0 aliphatic rings. The van der Waals surface area contributed by atoms with Gasteiger partial charge in [0.25, 0.3) is 5.91 Å². The summed E-state index contributed by atoms with van der Waals surface area (Å²) in [6, 6.07) is 0. The highest BCUT2D eigenvalue weighted by atomic mass is 16.5. The first-order chi connectivity index (χ1) is 9.10. The molecule has 0 fully saturated rings. The summed E-state index contributed by atoms with van der Waals surface area (Å²) in [7, 11) is 1.66. The van der Waals surface area contributed by atoms with Gasteiger partial charge in [-0.25, -0.2) is 0 Å². The van der Waals surface area contributed by atoms with Crippen LogP contribution < -0.4 is 11.1 Å². The number of aryl methyl sites for hydroxylation is 1. The Morgan fingerprint density at radius 2 is 2.37 bits per heavy atom. The monoisotopic (exact) mass is 268 g/mol. The highest BCUT2D eigenvalue weighted by Crippen LogP contribution is 2.08. The van der Waals surface area contributed by atoms with Crippen molar-refractivity contribution < 1.29 is 9.53 Å². The Morgan fingerprint density at radius 3 is 3.00 bits per heavy atom. The first kappa shape index (κ1) is 15.7. The number of nitrogens with two attached hydrogens (primary N) is 1. The third-order valence-electron chi connectivity index (χ3n) is 2.98. The Labute approximate surface area is 114 Å². The third kappa shape index (κ3) is 4.65. The van der Waals surface area contributed by atoms with Crippen LogP contribution in [0.4, 0.5) is 0 Å². The molecule has 1 aromatic rings. The first-order valence-corrected chi connectivity index (χ1v) is 6.59. The molecule has 1 heterocycles. The summed E-state index contributed by atoms with van der Waals surface area (Å²) >= 11 is 0. The summed E-state index contributed by atoms with van der Waals surface area (Å²) in [6.07, 6.45) is 2.47. The smallest absolute Gasteiger partial charge is 0.254 e. The Hall–Kier alpha value is -1.40. The standard InChI is InChI=1S/C13H24N4O2/c1-10(9-19-3)7-15-13(18)12-8-16-17(11(12)2)6-4-5-14/h8,10H,4-7,9,14H2,1-3H3,(H,15,18). The second kappa shape index (κ2) is 7.91. The molecule has 1 rings (SSSR count). The van der Waals surface area contributed by atoms with Crippen molar-refractivity contribution in [2.24, 2.45) is 11.7 Å². The Balaban J connectivity index is 2.55. The van der Waals surface area contributed by atoms with E-state index in [2.05, 4.69) is 10.4 Å². The lowest BCUT2D eigenvalue weighted by molar-refractivity contribution is 0.0933. The molecular weight excluding hydrogens is 244 g/mol. The zero-order valence-electron chi connectivity index (χ0n) is 12.0. The second-order valence-corrected chi connectivity index (χ2v) is 4.78. The van der Waals surface area contributed by atoms with Crippen LogP contribution in [0, 0.1) is 12.8 Å². The third-order valence-corrected chi connectivity index (χ3v) is 2.98. The number of carbonyl (C=O) groups is 1. The summed E-state index contributed by atoms with van der Waals surface area (Å²) in [4.78, 5) is 12.0. The average molecular weight is 268 g/mol. The molecule has 0 spiro atoms. The van der Waals surface area contributed by atoms with E-state index < -0.39 is 0 Å². The van der Waals surface area contributed by atoms with E-state index in [0.29, 0.717) is 31.2 Å². The van der Waals surface area contributed by atoms with Crippen molar-refractivity contribution in [2.75, 3.05) is 26.8 Å². The number of carbonyl (C=O) groups excluding carboxylic acids is 1. The Bertz CT molecular complexity index is 403. The van der Waals surface area contributed by atoms with Crippen LogP contribution in [-0.2, 0) is 11.3 Å². The number of nitrogens with zero attached hydrogens (tertiary/aromatic N) is 2. The lowest BCUT2D eigenvalue weighted by atomic mass is 10.2. The molecule has 0 radical (unpaired) electrons. The Morgan fingerprint density at radius 1 is 1.63 bits per heavy atom. The van der Waals surface area contributed by atoms with Gasteiger partial charge in [0.05, 0.1) is 18.4 Å². The number of nitrogens with one attached hydrogen (secondary N) is 1. The molecule has 0 aliphatic carbocycles. The minimum Gasteiger partial charge on any atom is -0.384 e. The number of hydrogen-bond acceptors (Lipinski definition) is 4. The number of rotatable bonds is 8. The van der Waals surface area contributed by atoms with E-state index in [9.17, 15) is 4.79 Å². The van der Waals surface area contributed by atoms with Gasteiger partial charge in [0.1, 0.15) is 0 Å². The fraction of sp³-hybridized carbons (Fsp3) is 0.692. The lowest BCUT2D eigenvalue weighted by Crippen LogP contribution is -2.30. The van der Waals surface area contributed by atoms with Crippen LogP contribution in [0.5, 0.6) is 0 Å². The van der Waals surface area contributed by atoms with Crippen molar-refractivity contribution in [3.63, 3.8) is 0 Å². The van der Waals surface area contributed by atoms with E-state index in [4.69, 9.17) is 10.5 Å². The van der Waals surface area contributed by atoms with Gasteiger partial charge >= 0.3 is 0 Å². The zero-order valence-corrected chi connectivity index (χ0v) is 12.0. The van der Waals surface area contributed by atoms with Crippen LogP contribution in [0.15, 0.2) is 6.20 Å². The number of hydrogen-bond donors (Lipinski definition) is 2. The molecule has 1 unspecified atom stereocenters. The molecule has 6 heteroatoms. The quantitative estimate of drug-likeness (QED) is 0.721. The molecular formula is C13H24N4O2.